The van der Waals surface area contributed by atoms with Gasteiger partial charge in [0.05, 0.1) is 11.1 Å². The lowest BCUT2D eigenvalue weighted by atomic mass is 9.82. The molecule has 0 amide bonds. The Morgan fingerprint density at radius 3 is 2.83 bits per heavy atom. The monoisotopic (exact) mass is 237 g/mol. The third kappa shape index (κ3) is 1.91. The summed E-state index contributed by atoms with van der Waals surface area (Å²) in [5, 5.41) is 13.6. The van der Waals surface area contributed by atoms with Crippen molar-refractivity contribution in [3.05, 3.63) is 35.9 Å². The molecular formula is C15H15N3. The molecule has 3 heteroatoms. The molecule has 3 nitrogen and oxygen atoms in total. The quantitative estimate of drug-likeness (QED) is 0.871. The second-order valence-corrected chi connectivity index (χ2v) is 5.11. The molecule has 18 heavy (non-hydrogen) atoms. The number of hydrogen-bond donors (Lipinski definition) is 1. The van der Waals surface area contributed by atoms with Gasteiger partial charge >= 0.3 is 0 Å². The highest BCUT2D eigenvalue weighted by atomic mass is 15.0. The summed E-state index contributed by atoms with van der Waals surface area (Å²) < 4.78 is 0. The average molecular weight is 237 g/mol. The fourth-order valence-corrected chi connectivity index (χ4v) is 2.52. The zero-order valence-electron chi connectivity index (χ0n) is 10.4. The van der Waals surface area contributed by atoms with Crippen LogP contribution in [0.1, 0.15) is 25.3 Å². The molecule has 1 aliphatic rings. The van der Waals surface area contributed by atoms with Crippen LogP contribution in [0.15, 0.2) is 30.3 Å². The van der Waals surface area contributed by atoms with Crippen molar-refractivity contribution in [2.75, 3.05) is 5.32 Å². The highest BCUT2D eigenvalue weighted by Gasteiger charge is 2.26. The van der Waals surface area contributed by atoms with Crippen molar-refractivity contribution in [2.45, 2.75) is 25.8 Å². The van der Waals surface area contributed by atoms with Gasteiger partial charge in [0.2, 0.25) is 0 Å². The Kier molecular flexibility index (Phi) is 2.64. The van der Waals surface area contributed by atoms with Crippen LogP contribution in [-0.2, 0) is 0 Å². The Morgan fingerprint density at radius 2 is 2.11 bits per heavy atom. The van der Waals surface area contributed by atoms with Crippen molar-refractivity contribution in [2.24, 2.45) is 5.92 Å². The molecule has 1 fully saturated rings. The van der Waals surface area contributed by atoms with Gasteiger partial charge in [-0.3, -0.25) is 0 Å². The molecule has 0 atom stereocenters. The van der Waals surface area contributed by atoms with Crippen molar-refractivity contribution >= 4 is 16.7 Å². The Balaban J connectivity index is 1.97. The number of para-hydroxylation sites is 1. The van der Waals surface area contributed by atoms with Gasteiger partial charge in [-0.15, -0.1) is 0 Å². The molecule has 1 aromatic carbocycles. The Labute approximate surface area is 106 Å². The summed E-state index contributed by atoms with van der Waals surface area (Å²) in [5.41, 5.74) is 1.57. The number of nitrogens with zero attached hydrogens (tertiary/aromatic N) is 2. The van der Waals surface area contributed by atoms with E-state index in [1.807, 2.05) is 30.3 Å². The maximum atomic E-state index is 9.20. The van der Waals surface area contributed by atoms with E-state index in [4.69, 9.17) is 0 Å². The van der Waals surface area contributed by atoms with E-state index < -0.39 is 0 Å². The lowest BCUT2D eigenvalue weighted by Crippen LogP contribution is -2.34. The van der Waals surface area contributed by atoms with E-state index in [0.717, 1.165) is 22.6 Å². The number of hydrogen-bond acceptors (Lipinski definition) is 3. The predicted molar refractivity (Wildman–Crippen MR) is 72.3 cm³/mol. The molecule has 1 N–H and O–H groups in total. The minimum absolute atomic E-state index is 0.473. The summed E-state index contributed by atoms with van der Waals surface area (Å²) in [4.78, 5) is 4.56. The zero-order chi connectivity index (χ0) is 12.5. The van der Waals surface area contributed by atoms with Crippen molar-refractivity contribution in [1.29, 1.82) is 5.26 Å². The van der Waals surface area contributed by atoms with Gasteiger partial charge in [0.15, 0.2) is 0 Å². The van der Waals surface area contributed by atoms with Crippen LogP contribution in [0.2, 0.25) is 0 Å². The number of pyridine rings is 1. The van der Waals surface area contributed by atoms with E-state index in [1.165, 1.54) is 12.8 Å². The van der Waals surface area contributed by atoms with Crippen molar-refractivity contribution in [3.63, 3.8) is 0 Å². The number of nitrogens with one attached hydrogen (secondary N) is 1. The Morgan fingerprint density at radius 1 is 1.33 bits per heavy atom. The highest BCUT2D eigenvalue weighted by molar-refractivity contribution is 5.82. The molecule has 0 saturated heterocycles. The molecule has 0 spiro atoms. The average Bonchev–Trinajstić information content (AvgIpc) is 2.36. The van der Waals surface area contributed by atoms with Crippen LogP contribution < -0.4 is 5.32 Å². The SMILES string of the molecule is CC1CC(Nc2nc3ccccc3cc2C#N)C1. The Bertz CT molecular complexity index is 621. The van der Waals surface area contributed by atoms with Crippen LogP contribution in [0.4, 0.5) is 5.82 Å². The van der Waals surface area contributed by atoms with E-state index >= 15 is 0 Å². The highest BCUT2D eigenvalue weighted by Crippen LogP contribution is 2.30. The summed E-state index contributed by atoms with van der Waals surface area (Å²) in [7, 11) is 0. The summed E-state index contributed by atoms with van der Waals surface area (Å²) >= 11 is 0. The number of rotatable bonds is 2. The first-order valence-corrected chi connectivity index (χ1v) is 6.32. The van der Waals surface area contributed by atoms with E-state index in [-0.39, 0.29) is 0 Å². The molecule has 3 rings (SSSR count). The number of aromatic nitrogens is 1. The second-order valence-electron chi connectivity index (χ2n) is 5.11. The number of benzene rings is 1. The van der Waals surface area contributed by atoms with Gasteiger partial charge < -0.3 is 5.32 Å². The molecular weight excluding hydrogens is 222 g/mol. The molecule has 0 aliphatic heterocycles. The predicted octanol–water partition coefficient (Wildman–Crippen LogP) is 3.32. The molecule has 1 aliphatic carbocycles. The summed E-state index contributed by atoms with van der Waals surface area (Å²) in [6.07, 6.45) is 2.33. The minimum Gasteiger partial charge on any atom is -0.366 e. The van der Waals surface area contributed by atoms with Gasteiger partial charge in [-0.2, -0.15) is 5.26 Å². The number of nitriles is 1. The summed E-state index contributed by atoms with van der Waals surface area (Å²) in [6.45, 7) is 2.25. The van der Waals surface area contributed by atoms with E-state index in [2.05, 4.69) is 23.3 Å². The first-order valence-electron chi connectivity index (χ1n) is 6.32. The molecule has 1 heterocycles. The van der Waals surface area contributed by atoms with Crippen LogP contribution in [0.25, 0.3) is 10.9 Å². The van der Waals surface area contributed by atoms with Crippen molar-refractivity contribution in [3.8, 4) is 6.07 Å². The maximum absolute atomic E-state index is 9.20. The Hall–Kier alpha value is -2.08. The lowest BCUT2D eigenvalue weighted by Gasteiger charge is -2.33. The van der Waals surface area contributed by atoms with Crippen LogP contribution in [0.3, 0.4) is 0 Å². The van der Waals surface area contributed by atoms with Crippen LogP contribution in [-0.4, -0.2) is 11.0 Å². The molecule has 0 bridgehead atoms. The molecule has 0 radical (unpaired) electrons. The van der Waals surface area contributed by atoms with E-state index in [1.54, 1.807) is 0 Å². The summed E-state index contributed by atoms with van der Waals surface area (Å²) in [6, 6.07) is 12.5. The third-order valence-electron chi connectivity index (χ3n) is 3.56. The van der Waals surface area contributed by atoms with Gasteiger partial charge in [-0.25, -0.2) is 4.98 Å². The van der Waals surface area contributed by atoms with Gasteiger partial charge in [0.1, 0.15) is 11.9 Å². The van der Waals surface area contributed by atoms with Crippen molar-refractivity contribution in [1.82, 2.24) is 4.98 Å². The molecule has 1 saturated carbocycles. The minimum atomic E-state index is 0.473. The standard InChI is InChI=1S/C15H15N3/c1-10-6-13(7-10)17-15-12(9-16)8-11-4-2-3-5-14(11)18-15/h2-5,8,10,13H,6-7H2,1H3,(H,17,18). The first-order chi connectivity index (χ1) is 8.76. The van der Waals surface area contributed by atoms with Crippen LogP contribution >= 0.6 is 0 Å². The number of anilines is 1. The normalized spacial score (nSPS) is 22.2. The third-order valence-corrected chi connectivity index (χ3v) is 3.56. The van der Waals surface area contributed by atoms with Gasteiger partial charge in [-0.1, -0.05) is 25.1 Å². The van der Waals surface area contributed by atoms with Gasteiger partial charge in [0.25, 0.3) is 0 Å². The fourth-order valence-electron chi connectivity index (χ4n) is 2.52. The molecule has 1 aromatic heterocycles. The zero-order valence-corrected chi connectivity index (χ0v) is 10.4. The smallest absolute Gasteiger partial charge is 0.144 e. The lowest BCUT2D eigenvalue weighted by molar-refractivity contribution is 0.308. The largest absolute Gasteiger partial charge is 0.366 e. The topological polar surface area (TPSA) is 48.7 Å². The molecule has 90 valence electrons. The van der Waals surface area contributed by atoms with E-state index in [9.17, 15) is 5.26 Å². The fraction of sp³-hybridized carbons (Fsp3) is 0.333. The molecule has 2 aromatic rings. The second kappa shape index (κ2) is 4.30. The van der Waals surface area contributed by atoms with E-state index in [0.29, 0.717) is 11.6 Å². The van der Waals surface area contributed by atoms with Crippen LogP contribution in [0.5, 0.6) is 0 Å². The van der Waals surface area contributed by atoms with Gasteiger partial charge in [0, 0.05) is 11.4 Å². The summed E-state index contributed by atoms with van der Waals surface area (Å²) in [5.74, 6) is 1.52. The maximum Gasteiger partial charge on any atom is 0.144 e. The van der Waals surface area contributed by atoms with Crippen LogP contribution in [0, 0.1) is 17.2 Å². The first kappa shape index (κ1) is 11.0. The van der Waals surface area contributed by atoms with Gasteiger partial charge in [-0.05, 0) is 30.9 Å². The molecule has 0 unspecified atom stereocenters. The number of fused-ring (bicyclic) bond motifs is 1. The van der Waals surface area contributed by atoms with Crippen molar-refractivity contribution < 1.29 is 0 Å².